The number of thiazole rings is 1. The van der Waals surface area contributed by atoms with E-state index in [1.807, 2.05) is 47.3 Å². The number of carbonyl (C=O) groups is 1. The summed E-state index contributed by atoms with van der Waals surface area (Å²) in [5.41, 5.74) is 2.08. The van der Waals surface area contributed by atoms with Gasteiger partial charge in [-0.2, -0.15) is 13.2 Å². The predicted octanol–water partition coefficient (Wildman–Crippen LogP) is 5.63. The Balaban J connectivity index is 1.10. The number of hydrogen-bond donors (Lipinski definition) is 1. The van der Waals surface area contributed by atoms with Crippen molar-refractivity contribution in [3.05, 3.63) is 83.1 Å². The lowest BCUT2D eigenvalue weighted by Gasteiger charge is -2.31. The molecule has 1 aliphatic heterocycles. The standard InChI is InChI=1S/C26H25F3N4OS/c27-26(28,29)20-5-7-21(8-6-20)33-14-9-18(17-33)16-32-12-10-19(11-13-32)25(34)30-15-24-31-22-3-1-2-4-23(22)35-24/h1-9,14,17,19H,10-13,15-16H2,(H,30,34). The fourth-order valence-electron chi connectivity index (χ4n) is 4.43. The monoisotopic (exact) mass is 498 g/mol. The number of likely N-dealkylation sites (tertiary alicyclic amines) is 1. The molecule has 5 nitrogen and oxygen atoms in total. The number of fused-ring (bicyclic) bond motifs is 1. The van der Waals surface area contributed by atoms with Crippen LogP contribution in [0.5, 0.6) is 0 Å². The number of halogens is 3. The molecule has 35 heavy (non-hydrogen) atoms. The number of piperidine rings is 1. The minimum absolute atomic E-state index is 0.00243. The van der Waals surface area contributed by atoms with Gasteiger partial charge in [0, 0.05) is 30.5 Å². The molecular formula is C26H25F3N4OS. The molecule has 3 heterocycles. The zero-order valence-electron chi connectivity index (χ0n) is 19.0. The first-order chi connectivity index (χ1) is 16.8. The number of aromatic nitrogens is 2. The number of hydrogen-bond acceptors (Lipinski definition) is 4. The smallest absolute Gasteiger partial charge is 0.349 e. The van der Waals surface area contributed by atoms with Gasteiger partial charge in [0.05, 0.1) is 22.3 Å². The molecule has 1 amide bonds. The first-order valence-electron chi connectivity index (χ1n) is 11.5. The molecule has 0 atom stereocenters. The first-order valence-corrected chi connectivity index (χ1v) is 12.4. The summed E-state index contributed by atoms with van der Waals surface area (Å²) in [5, 5.41) is 3.96. The van der Waals surface area contributed by atoms with Crippen LogP contribution in [0.15, 0.2) is 67.0 Å². The topological polar surface area (TPSA) is 50.2 Å². The van der Waals surface area contributed by atoms with E-state index in [-0.39, 0.29) is 11.8 Å². The number of amides is 1. The van der Waals surface area contributed by atoms with Gasteiger partial charge in [-0.15, -0.1) is 11.3 Å². The predicted molar refractivity (Wildman–Crippen MR) is 130 cm³/mol. The molecule has 1 saturated heterocycles. The van der Waals surface area contributed by atoms with Crippen molar-refractivity contribution in [3.63, 3.8) is 0 Å². The van der Waals surface area contributed by atoms with Crippen LogP contribution in [0.3, 0.4) is 0 Å². The van der Waals surface area contributed by atoms with Crippen LogP contribution in [0, 0.1) is 5.92 Å². The van der Waals surface area contributed by atoms with Gasteiger partial charge in [-0.3, -0.25) is 9.69 Å². The Morgan fingerprint density at radius 1 is 1.06 bits per heavy atom. The van der Waals surface area contributed by atoms with Gasteiger partial charge in [-0.05, 0) is 74.0 Å². The maximum atomic E-state index is 12.8. The molecule has 9 heteroatoms. The van der Waals surface area contributed by atoms with Crippen molar-refractivity contribution in [1.82, 2.24) is 19.8 Å². The molecule has 0 spiro atoms. The number of carbonyl (C=O) groups excluding carboxylic acids is 1. The minimum atomic E-state index is -4.33. The van der Waals surface area contributed by atoms with Gasteiger partial charge in [0.1, 0.15) is 5.01 Å². The second kappa shape index (κ2) is 9.83. The Bertz CT molecular complexity index is 1270. The van der Waals surface area contributed by atoms with Gasteiger partial charge in [0.2, 0.25) is 5.91 Å². The molecule has 1 fully saturated rings. The Kier molecular flexibility index (Phi) is 6.62. The van der Waals surface area contributed by atoms with Crippen LogP contribution in [-0.2, 0) is 24.1 Å². The highest BCUT2D eigenvalue weighted by molar-refractivity contribution is 7.18. The second-order valence-electron chi connectivity index (χ2n) is 8.82. The van der Waals surface area contributed by atoms with E-state index in [0.29, 0.717) is 12.2 Å². The average Bonchev–Trinajstić information content (AvgIpc) is 3.49. The normalized spacial score (nSPS) is 15.5. The summed E-state index contributed by atoms with van der Waals surface area (Å²) in [7, 11) is 0. The number of rotatable bonds is 6. The Hall–Kier alpha value is -3.17. The van der Waals surface area contributed by atoms with Gasteiger partial charge in [0.25, 0.3) is 0 Å². The van der Waals surface area contributed by atoms with Crippen LogP contribution in [0.1, 0.15) is 29.0 Å². The summed E-state index contributed by atoms with van der Waals surface area (Å²) >= 11 is 1.60. The molecule has 1 N–H and O–H groups in total. The highest BCUT2D eigenvalue weighted by atomic mass is 32.1. The highest BCUT2D eigenvalue weighted by Gasteiger charge is 2.30. The quantitative estimate of drug-likeness (QED) is 0.375. The fraction of sp³-hybridized carbons (Fsp3) is 0.308. The van der Waals surface area contributed by atoms with Crippen LogP contribution in [-0.4, -0.2) is 33.4 Å². The van der Waals surface area contributed by atoms with Gasteiger partial charge >= 0.3 is 6.18 Å². The maximum Gasteiger partial charge on any atom is 0.416 e. The molecule has 4 aromatic rings. The minimum Gasteiger partial charge on any atom is -0.349 e. The summed E-state index contributed by atoms with van der Waals surface area (Å²) < 4.78 is 41.3. The van der Waals surface area contributed by atoms with Gasteiger partial charge in [-0.25, -0.2) is 4.98 Å². The highest BCUT2D eigenvalue weighted by Crippen LogP contribution is 2.30. The van der Waals surface area contributed by atoms with Crippen LogP contribution in [0.2, 0.25) is 0 Å². The third kappa shape index (κ3) is 5.57. The number of nitrogens with zero attached hydrogens (tertiary/aromatic N) is 3. The molecule has 182 valence electrons. The number of benzene rings is 2. The van der Waals surface area contributed by atoms with Crippen molar-refractivity contribution < 1.29 is 18.0 Å². The Labute approximate surface area is 205 Å². The summed E-state index contributed by atoms with van der Waals surface area (Å²) in [6.45, 7) is 2.85. The van der Waals surface area contributed by atoms with Crippen LogP contribution < -0.4 is 5.32 Å². The molecule has 5 rings (SSSR count). The van der Waals surface area contributed by atoms with Gasteiger partial charge < -0.3 is 9.88 Å². The van der Waals surface area contributed by atoms with Crippen molar-refractivity contribution in [3.8, 4) is 5.69 Å². The third-order valence-corrected chi connectivity index (χ3v) is 7.40. The van der Waals surface area contributed by atoms with E-state index in [1.54, 1.807) is 11.3 Å². The molecule has 2 aromatic heterocycles. The van der Waals surface area contributed by atoms with Crippen LogP contribution in [0.25, 0.3) is 15.9 Å². The lowest BCUT2D eigenvalue weighted by atomic mass is 9.95. The van der Waals surface area contributed by atoms with Gasteiger partial charge in [0.15, 0.2) is 0 Å². The SMILES string of the molecule is O=C(NCc1nc2ccccc2s1)C1CCN(Cc2ccn(-c3ccc(C(F)(F)F)cc3)c2)CC1. The van der Waals surface area contributed by atoms with Crippen molar-refractivity contribution >= 4 is 27.5 Å². The second-order valence-corrected chi connectivity index (χ2v) is 9.93. The first kappa shape index (κ1) is 23.6. The molecule has 0 radical (unpaired) electrons. The van der Waals surface area contributed by atoms with Crippen LogP contribution >= 0.6 is 11.3 Å². The van der Waals surface area contributed by atoms with E-state index in [0.717, 1.165) is 65.4 Å². The van der Waals surface area contributed by atoms with Crippen molar-refractivity contribution in [2.75, 3.05) is 13.1 Å². The van der Waals surface area contributed by atoms with E-state index < -0.39 is 11.7 Å². The van der Waals surface area contributed by atoms with E-state index in [4.69, 9.17) is 0 Å². The maximum absolute atomic E-state index is 12.8. The number of alkyl halides is 3. The summed E-state index contributed by atoms with van der Waals surface area (Å²) in [5.74, 6) is 0.0785. The summed E-state index contributed by atoms with van der Waals surface area (Å²) in [4.78, 5) is 19.6. The molecular weight excluding hydrogens is 473 g/mol. The number of para-hydroxylation sites is 1. The van der Waals surface area contributed by atoms with E-state index in [1.165, 1.54) is 12.1 Å². The fourth-order valence-corrected chi connectivity index (χ4v) is 5.34. The summed E-state index contributed by atoms with van der Waals surface area (Å²) in [6.07, 6.45) is 1.06. The van der Waals surface area contributed by atoms with Gasteiger partial charge in [-0.1, -0.05) is 12.1 Å². The molecule has 2 aromatic carbocycles. The van der Waals surface area contributed by atoms with Crippen LogP contribution in [0.4, 0.5) is 13.2 Å². The van der Waals surface area contributed by atoms with E-state index >= 15 is 0 Å². The third-order valence-electron chi connectivity index (χ3n) is 6.36. The molecule has 0 unspecified atom stereocenters. The lowest BCUT2D eigenvalue weighted by Crippen LogP contribution is -2.40. The van der Waals surface area contributed by atoms with Crippen molar-refractivity contribution in [1.29, 1.82) is 0 Å². The molecule has 0 aliphatic carbocycles. The average molecular weight is 499 g/mol. The van der Waals surface area contributed by atoms with Crippen molar-refractivity contribution in [2.45, 2.75) is 32.1 Å². The van der Waals surface area contributed by atoms with Crippen molar-refractivity contribution in [2.24, 2.45) is 5.92 Å². The lowest BCUT2D eigenvalue weighted by molar-refractivity contribution is -0.137. The summed E-state index contributed by atoms with van der Waals surface area (Å²) in [6, 6.07) is 15.1. The molecule has 0 bridgehead atoms. The number of nitrogens with one attached hydrogen (secondary N) is 1. The van der Waals surface area contributed by atoms with E-state index in [9.17, 15) is 18.0 Å². The molecule has 0 saturated carbocycles. The Morgan fingerprint density at radius 2 is 1.80 bits per heavy atom. The van der Waals surface area contributed by atoms with E-state index in [2.05, 4.69) is 15.2 Å². The Morgan fingerprint density at radius 3 is 2.51 bits per heavy atom. The largest absolute Gasteiger partial charge is 0.416 e. The zero-order valence-corrected chi connectivity index (χ0v) is 19.8. The molecule has 1 aliphatic rings. The zero-order chi connectivity index (χ0) is 24.4.